The van der Waals surface area contributed by atoms with Crippen molar-refractivity contribution in [1.82, 2.24) is 0 Å². The summed E-state index contributed by atoms with van der Waals surface area (Å²) in [6, 6.07) is 0. The Morgan fingerprint density at radius 3 is 2.64 bits per heavy atom. The summed E-state index contributed by atoms with van der Waals surface area (Å²) in [5.41, 5.74) is 0. The summed E-state index contributed by atoms with van der Waals surface area (Å²) >= 11 is 0. The van der Waals surface area contributed by atoms with Crippen LogP contribution in [-0.4, -0.2) is 12.7 Å². The first-order valence-electron chi connectivity index (χ1n) is 4.90. The Morgan fingerprint density at radius 2 is 1.91 bits per heavy atom. The third-order valence-corrected chi connectivity index (χ3v) is 3.46. The molecule has 1 saturated heterocycles. The normalized spacial score (nSPS) is 50.7. The third-order valence-electron chi connectivity index (χ3n) is 3.46. The fourth-order valence-corrected chi connectivity index (χ4v) is 2.71. The van der Waals surface area contributed by atoms with Gasteiger partial charge >= 0.3 is 0 Å². The Hall–Kier alpha value is -0.0400. The van der Waals surface area contributed by atoms with E-state index in [-0.39, 0.29) is 0 Å². The molecule has 1 heterocycles. The summed E-state index contributed by atoms with van der Waals surface area (Å²) in [6.45, 7) is 5.69. The standard InChI is InChI=1S/C10H18O/c1-7-4-3-5-9-8(2)6-11-10(7)9/h7-10H,3-6H2,1-2H3/t7-,8-,9-,10-/m0/s1. The molecule has 0 aromatic heterocycles. The first-order valence-corrected chi connectivity index (χ1v) is 4.90. The molecule has 0 amide bonds. The lowest BCUT2D eigenvalue weighted by Gasteiger charge is -2.31. The Bertz CT molecular complexity index is 142. The van der Waals surface area contributed by atoms with Gasteiger partial charge in [-0.1, -0.05) is 20.3 Å². The molecule has 0 aromatic rings. The molecule has 2 fully saturated rings. The van der Waals surface area contributed by atoms with E-state index in [0.717, 1.165) is 24.4 Å². The van der Waals surface area contributed by atoms with Crippen LogP contribution in [0.2, 0.25) is 0 Å². The van der Waals surface area contributed by atoms with Crippen molar-refractivity contribution in [2.45, 2.75) is 39.2 Å². The van der Waals surface area contributed by atoms with Crippen molar-refractivity contribution in [1.29, 1.82) is 0 Å². The SMILES string of the molecule is C[C@H]1CO[C@@H]2[C@H]1CCC[C@@H]2C. The Kier molecular flexibility index (Phi) is 1.92. The third kappa shape index (κ3) is 1.20. The van der Waals surface area contributed by atoms with Gasteiger partial charge in [0, 0.05) is 6.61 Å². The van der Waals surface area contributed by atoms with Gasteiger partial charge in [-0.3, -0.25) is 0 Å². The zero-order valence-electron chi connectivity index (χ0n) is 7.55. The Morgan fingerprint density at radius 1 is 1.09 bits per heavy atom. The van der Waals surface area contributed by atoms with Gasteiger partial charge < -0.3 is 4.74 Å². The highest BCUT2D eigenvalue weighted by Gasteiger charge is 2.39. The first-order chi connectivity index (χ1) is 5.29. The summed E-state index contributed by atoms with van der Waals surface area (Å²) < 4.78 is 5.78. The molecule has 0 spiro atoms. The molecular weight excluding hydrogens is 136 g/mol. The largest absolute Gasteiger partial charge is 0.377 e. The van der Waals surface area contributed by atoms with Gasteiger partial charge in [0.15, 0.2) is 0 Å². The van der Waals surface area contributed by atoms with E-state index in [2.05, 4.69) is 13.8 Å². The zero-order chi connectivity index (χ0) is 7.84. The molecule has 0 unspecified atom stereocenters. The van der Waals surface area contributed by atoms with E-state index in [9.17, 15) is 0 Å². The summed E-state index contributed by atoms with van der Waals surface area (Å²) in [4.78, 5) is 0. The van der Waals surface area contributed by atoms with E-state index in [1.54, 1.807) is 0 Å². The summed E-state index contributed by atoms with van der Waals surface area (Å²) in [6.07, 6.45) is 4.83. The minimum Gasteiger partial charge on any atom is -0.377 e. The van der Waals surface area contributed by atoms with E-state index in [0.29, 0.717) is 6.10 Å². The lowest BCUT2D eigenvalue weighted by molar-refractivity contribution is 0.0262. The van der Waals surface area contributed by atoms with E-state index in [1.165, 1.54) is 19.3 Å². The van der Waals surface area contributed by atoms with Crippen molar-refractivity contribution < 1.29 is 4.74 Å². The van der Waals surface area contributed by atoms with Gasteiger partial charge in [-0.05, 0) is 30.6 Å². The molecular formula is C10H18O. The minimum absolute atomic E-state index is 0.610. The van der Waals surface area contributed by atoms with Crippen molar-refractivity contribution >= 4 is 0 Å². The van der Waals surface area contributed by atoms with Crippen LogP contribution in [0.4, 0.5) is 0 Å². The molecule has 1 saturated carbocycles. The molecule has 0 N–H and O–H groups in total. The monoisotopic (exact) mass is 154 g/mol. The van der Waals surface area contributed by atoms with Crippen LogP contribution in [0.3, 0.4) is 0 Å². The van der Waals surface area contributed by atoms with Crippen LogP contribution in [0.15, 0.2) is 0 Å². The lowest BCUT2D eigenvalue weighted by Crippen LogP contribution is -2.30. The zero-order valence-corrected chi connectivity index (χ0v) is 7.55. The van der Waals surface area contributed by atoms with Gasteiger partial charge in [-0.25, -0.2) is 0 Å². The van der Waals surface area contributed by atoms with Crippen LogP contribution >= 0.6 is 0 Å². The lowest BCUT2D eigenvalue weighted by atomic mass is 9.76. The number of ether oxygens (including phenoxy) is 1. The molecule has 0 aromatic carbocycles. The van der Waals surface area contributed by atoms with Crippen LogP contribution in [0.5, 0.6) is 0 Å². The maximum atomic E-state index is 5.78. The average Bonchev–Trinajstić information content (AvgIpc) is 2.35. The minimum atomic E-state index is 0.610. The Balaban J connectivity index is 2.07. The topological polar surface area (TPSA) is 9.23 Å². The van der Waals surface area contributed by atoms with Gasteiger partial charge in [-0.2, -0.15) is 0 Å². The Labute approximate surface area is 69.1 Å². The van der Waals surface area contributed by atoms with Crippen molar-refractivity contribution in [2.75, 3.05) is 6.61 Å². The summed E-state index contributed by atoms with van der Waals surface area (Å²) in [7, 11) is 0. The molecule has 1 nitrogen and oxygen atoms in total. The van der Waals surface area contributed by atoms with Crippen LogP contribution in [-0.2, 0) is 4.74 Å². The molecule has 4 atom stereocenters. The molecule has 11 heavy (non-hydrogen) atoms. The fourth-order valence-electron chi connectivity index (χ4n) is 2.71. The highest BCUT2D eigenvalue weighted by molar-refractivity contribution is 4.88. The molecule has 0 radical (unpaired) electrons. The van der Waals surface area contributed by atoms with Crippen molar-refractivity contribution in [3.8, 4) is 0 Å². The highest BCUT2D eigenvalue weighted by Crippen LogP contribution is 2.40. The maximum absolute atomic E-state index is 5.78. The van der Waals surface area contributed by atoms with Crippen molar-refractivity contribution in [3.05, 3.63) is 0 Å². The highest BCUT2D eigenvalue weighted by atomic mass is 16.5. The summed E-state index contributed by atoms with van der Waals surface area (Å²) in [5, 5.41) is 0. The molecule has 64 valence electrons. The van der Waals surface area contributed by atoms with Gasteiger partial charge in [0.05, 0.1) is 6.10 Å². The van der Waals surface area contributed by atoms with E-state index in [1.807, 2.05) is 0 Å². The van der Waals surface area contributed by atoms with Crippen LogP contribution in [0.25, 0.3) is 0 Å². The maximum Gasteiger partial charge on any atom is 0.0632 e. The average molecular weight is 154 g/mol. The van der Waals surface area contributed by atoms with Crippen LogP contribution in [0, 0.1) is 17.8 Å². The van der Waals surface area contributed by atoms with E-state index in [4.69, 9.17) is 4.74 Å². The first kappa shape index (κ1) is 7.60. The van der Waals surface area contributed by atoms with Crippen molar-refractivity contribution in [2.24, 2.45) is 17.8 Å². The number of hydrogen-bond donors (Lipinski definition) is 0. The molecule has 0 bridgehead atoms. The predicted molar refractivity (Wildman–Crippen MR) is 45.4 cm³/mol. The molecule has 1 aliphatic heterocycles. The number of rotatable bonds is 0. The quantitative estimate of drug-likeness (QED) is 0.521. The van der Waals surface area contributed by atoms with Crippen LogP contribution < -0.4 is 0 Å². The molecule has 1 heteroatoms. The second-order valence-corrected chi connectivity index (χ2v) is 4.35. The van der Waals surface area contributed by atoms with E-state index < -0.39 is 0 Å². The molecule has 2 rings (SSSR count). The number of hydrogen-bond acceptors (Lipinski definition) is 1. The smallest absolute Gasteiger partial charge is 0.0632 e. The summed E-state index contributed by atoms with van der Waals surface area (Å²) in [5.74, 6) is 2.53. The molecule has 1 aliphatic carbocycles. The van der Waals surface area contributed by atoms with Gasteiger partial charge in [0.2, 0.25) is 0 Å². The van der Waals surface area contributed by atoms with Gasteiger partial charge in [0.1, 0.15) is 0 Å². The number of fused-ring (bicyclic) bond motifs is 1. The predicted octanol–water partition coefficient (Wildman–Crippen LogP) is 2.46. The van der Waals surface area contributed by atoms with Gasteiger partial charge in [0.25, 0.3) is 0 Å². The second-order valence-electron chi connectivity index (χ2n) is 4.35. The van der Waals surface area contributed by atoms with Crippen molar-refractivity contribution in [3.63, 3.8) is 0 Å². The van der Waals surface area contributed by atoms with E-state index >= 15 is 0 Å². The fraction of sp³-hybridized carbons (Fsp3) is 1.00. The van der Waals surface area contributed by atoms with Gasteiger partial charge in [-0.15, -0.1) is 0 Å². The molecule has 2 aliphatic rings. The second kappa shape index (κ2) is 2.78. The van der Waals surface area contributed by atoms with Crippen LogP contribution in [0.1, 0.15) is 33.1 Å².